The van der Waals surface area contributed by atoms with Gasteiger partial charge in [0.05, 0.1) is 6.61 Å². The maximum atomic E-state index is 11.9. The Kier molecular flexibility index (Phi) is 8.28. The molecule has 1 aromatic rings. The average Bonchev–Trinajstić information content (AvgIpc) is 2.89. The molecule has 0 bridgehead atoms. The van der Waals surface area contributed by atoms with E-state index in [2.05, 4.69) is 12.2 Å². The Labute approximate surface area is 139 Å². The van der Waals surface area contributed by atoms with E-state index in [9.17, 15) is 4.79 Å². The number of halogens is 1. The second-order valence-electron chi connectivity index (χ2n) is 5.83. The molecular formula is C17H27ClN2O2. The number of nitrogens with one attached hydrogen (secondary N) is 1. The summed E-state index contributed by atoms with van der Waals surface area (Å²) >= 11 is 0. The van der Waals surface area contributed by atoms with Gasteiger partial charge >= 0.3 is 0 Å². The Morgan fingerprint density at radius 3 is 2.64 bits per heavy atom. The largest absolute Gasteiger partial charge is 0.494 e. The van der Waals surface area contributed by atoms with Crippen LogP contribution < -0.4 is 15.8 Å². The number of ether oxygens (including phenoxy) is 1. The van der Waals surface area contributed by atoms with Crippen molar-refractivity contribution in [3.8, 4) is 5.75 Å². The molecule has 5 heteroatoms. The van der Waals surface area contributed by atoms with Crippen LogP contribution in [0.15, 0.2) is 24.3 Å². The van der Waals surface area contributed by atoms with Gasteiger partial charge in [-0.3, -0.25) is 4.79 Å². The average molecular weight is 327 g/mol. The molecule has 1 saturated carbocycles. The Balaban J connectivity index is 0.00000242. The monoisotopic (exact) mass is 326 g/mol. The smallest absolute Gasteiger partial charge is 0.220 e. The van der Waals surface area contributed by atoms with Gasteiger partial charge in [-0.15, -0.1) is 12.4 Å². The van der Waals surface area contributed by atoms with Crippen molar-refractivity contribution in [3.63, 3.8) is 0 Å². The van der Waals surface area contributed by atoms with Crippen molar-refractivity contribution in [3.05, 3.63) is 29.8 Å². The molecule has 0 saturated heterocycles. The van der Waals surface area contributed by atoms with Crippen molar-refractivity contribution >= 4 is 18.3 Å². The van der Waals surface area contributed by atoms with Crippen LogP contribution in [-0.4, -0.2) is 18.6 Å². The fraction of sp³-hybridized carbons (Fsp3) is 0.588. The normalized spacial score (nSPS) is 20.3. The molecule has 0 spiro atoms. The van der Waals surface area contributed by atoms with Gasteiger partial charge in [-0.25, -0.2) is 0 Å². The van der Waals surface area contributed by atoms with Crippen LogP contribution in [0.25, 0.3) is 0 Å². The quantitative estimate of drug-likeness (QED) is 0.809. The summed E-state index contributed by atoms with van der Waals surface area (Å²) in [5.74, 6) is 1.34. The van der Waals surface area contributed by atoms with Crippen molar-refractivity contribution in [2.24, 2.45) is 11.7 Å². The van der Waals surface area contributed by atoms with Crippen LogP contribution in [0, 0.1) is 5.92 Å². The summed E-state index contributed by atoms with van der Waals surface area (Å²) in [6.07, 6.45) is 4.84. The SMILES string of the molecule is CCCOc1ccc(CNC(=O)C[C@@H]2CCC[C@H]2N)cc1.Cl. The van der Waals surface area contributed by atoms with Crippen molar-refractivity contribution in [1.29, 1.82) is 0 Å². The number of amides is 1. The summed E-state index contributed by atoms with van der Waals surface area (Å²) in [4.78, 5) is 11.9. The summed E-state index contributed by atoms with van der Waals surface area (Å²) < 4.78 is 5.53. The van der Waals surface area contributed by atoms with Gasteiger partial charge < -0.3 is 15.8 Å². The second kappa shape index (κ2) is 9.70. The predicted octanol–water partition coefficient (Wildman–Crippen LogP) is 3.03. The minimum atomic E-state index is 0. The van der Waals surface area contributed by atoms with E-state index in [0.717, 1.165) is 43.6 Å². The van der Waals surface area contributed by atoms with Gasteiger partial charge in [0.2, 0.25) is 5.91 Å². The van der Waals surface area contributed by atoms with Crippen molar-refractivity contribution < 1.29 is 9.53 Å². The van der Waals surface area contributed by atoms with Crippen LogP contribution in [0.2, 0.25) is 0 Å². The van der Waals surface area contributed by atoms with Crippen LogP contribution >= 0.6 is 12.4 Å². The molecular weight excluding hydrogens is 300 g/mol. The highest BCUT2D eigenvalue weighted by Crippen LogP contribution is 2.26. The summed E-state index contributed by atoms with van der Waals surface area (Å²) in [7, 11) is 0. The van der Waals surface area contributed by atoms with E-state index in [1.54, 1.807) is 0 Å². The van der Waals surface area contributed by atoms with E-state index in [4.69, 9.17) is 10.5 Å². The number of benzene rings is 1. The number of nitrogens with two attached hydrogens (primary N) is 1. The molecule has 1 amide bonds. The minimum absolute atomic E-state index is 0. The molecule has 0 aliphatic heterocycles. The van der Waals surface area contributed by atoms with Crippen LogP contribution in [0.5, 0.6) is 5.75 Å². The Morgan fingerprint density at radius 2 is 2.05 bits per heavy atom. The first-order chi connectivity index (χ1) is 10.2. The van der Waals surface area contributed by atoms with Crippen molar-refractivity contribution in [1.82, 2.24) is 5.32 Å². The van der Waals surface area contributed by atoms with Crippen LogP contribution in [0.3, 0.4) is 0 Å². The summed E-state index contributed by atoms with van der Waals surface area (Å²) in [5, 5.41) is 2.97. The lowest BCUT2D eigenvalue weighted by atomic mass is 10.00. The molecule has 0 heterocycles. The molecule has 124 valence electrons. The molecule has 1 aliphatic rings. The molecule has 1 aromatic carbocycles. The van der Waals surface area contributed by atoms with E-state index in [-0.39, 0.29) is 24.4 Å². The Bertz CT molecular complexity index is 450. The molecule has 3 N–H and O–H groups in total. The van der Waals surface area contributed by atoms with Crippen molar-refractivity contribution in [2.75, 3.05) is 6.61 Å². The van der Waals surface area contributed by atoms with E-state index in [1.165, 1.54) is 0 Å². The van der Waals surface area contributed by atoms with Gasteiger partial charge in [0.15, 0.2) is 0 Å². The summed E-state index contributed by atoms with van der Waals surface area (Å²) in [6, 6.07) is 8.08. The molecule has 0 radical (unpaired) electrons. The maximum absolute atomic E-state index is 11.9. The molecule has 2 rings (SSSR count). The van der Waals surface area contributed by atoms with Gasteiger partial charge in [-0.05, 0) is 42.9 Å². The third-order valence-electron chi connectivity index (χ3n) is 4.05. The lowest BCUT2D eigenvalue weighted by Gasteiger charge is -2.14. The highest BCUT2D eigenvalue weighted by atomic mass is 35.5. The summed E-state index contributed by atoms with van der Waals surface area (Å²) in [6.45, 7) is 3.38. The van der Waals surface area contributed by atoms with Crippen molar-refractivity contribution in [2.45, 2.75) is 51.6 Å². The number of carbonyl (C=O) groups is 1. The molecule has 0 aromatic heterocycles. The van der Waals surface area contributed by atoms with Gasteiger partial charge in [0.1, 0.15) is 5.75 Å². The maximum Gasteiger partial charge on any atom is 0.220 e. The Hall–Kier alpha value is -1.26. The van der Waals surface area contributed by atoms with Gasteiger partial charge in [0.25, 0.3) is 0 Å². The van der Waals surface area contributed by atoms with Crippen LogP contribution in [0.1, 0.15) is 44.6 Å². The standard InChI is InChI=1S/C17H26N2O2.ClH/c1-2-10-21-15-8-6-13(7-9-15)12-19-17(20)11-14-4-3-5-16(14)18;/h6-9,14,16H,2-5,10-12,18H2,1H3,(H,19,20);1H/t14-,16+;/m0./s1. The zero-order valence-corrected chi connectivity index (χ0v) is 14.0. The van der Waals surface area contributed by atoms with E-state index >= 15 is 0 Å². The molecule has 4 nitrogen and oxygen atoms in total. The van der Waals surface area contributed by atoms with Crippen LogP contribution in [-0.2, 0) is 11.3 Å². The first-order valence-corrected chi connectivity index (χ1v) is 7.93. The number of hydrogen-bond acceptors (Lipinski definition) is 3. The molecule has 22 heavy (non-hydrogen) atoms. The zero-order valence-electron chi connectivity index (χ0n) is 13.2. The highest BCUT2D eigenvalue weighted by molar-refractivity contribution is 5.85. The van der Waals surface area contributed by atoms with Crippen LogP contribution in [0.4, 0.5) is 0 Å². The number of carbonyl (C=O) groups excluding carboxylic acids is 1. The molecule has 1 aliphatic carbocycles. The predicted molar refractivity (Wildman–Crippen MR) is 91.3 cm³/mol. The lowest BCUT2D eigenvalue weighted by molar-refractivity contribution is -0.122. The van der Waals surface area contributed by atoms with E-state index in [1.807, 2.05) is 24.3 Å². The fourth-order valence-corrected chi connectivity index (χ4v) is 2.75. The third-order valence-corrected chi connectivity index (χ3v) is 4.05. The minimum Gasteiger partial charge on any atom is -0.494 e. The molecule has 0 unspecified atom stereocenters. The molecule has 2 atom stereocenters. The third kappa shape index (κ3) is 5.85. The number of hydrogen-bond donors (Lipinski definition) is 2. The van der Waals surface area contributed by atoms with Gasteiger partial charge in [-0.1, -0.05) is 25.5 Å². The van der Waals surface area contributed by atoms with E-state index < -0.39 is 0 Å². The zero-order chi connectivity index (χ0) is 15.1. The first kappa shape index (κ1) is 18.8. The van der Waals surface area contributed by atoms with E-state index in [0.29, 0.717) is 18.9 Å². The lowest BCUT2D eigenvalue weighted by Crippen LogP contribution is -2.31. The summed E-state index contributed by atoms with van der Waals surface area (Å²) in [5.41, 5.74) is 7.08. The fourth-order valence-electron chi connectivity index (χ4n) is 2.75. The Morgan fingerprint density at radius 1 is 1.32 bits per heavy atom. The first-order valence-electron chi connectivity index (χ1n) is 7.93. The topological polar surface area (TPSA) is 64.3 Å². The number of rotatable bonds is 7. The van der Waals surface area contributed by atoms with Gasteiger partial charge in [0, 0.05) is 19.0 Å². The van der Waals surface area contributed by atoms with Gasteiger partial charge in [-0.2, -0.15) is 0 Å². The second-order valence-corrected chi connectivity index (χ2v) is 5.83. The highest BCUT2D eigenvalue weighted by Gasteiger charge is 2.25. The molecule has 1 fully saturated rings.